The lowest BCUT2D eigenvalue weighted by Gasteiger charge is -2.16. The number of nitrogen functional groups attached to an aromatic ring is 1. The van der Waals surface area contributed by atoms with Crippen molar-refractivity contribution in [1.82, 2.24) is 4.57 Å². The molecule has 0 aliphatic carbocycles. The molecule has 0 bridgehead atoms. The van der Waals surface area contributed by atoms with Crippen molar-refractivity contribution in [2.75, 3.05) is 18.9 Å². The van der Waals surface area contributed by atoms with Crippen molar-refractivity contribution >= 4 is 16.6 Å². The maximum atomic E-state index is 12.6. The molecule has 0 unspecified atom stereocenters. The van der Waals surface area contributed by atoms with E-state index >= 15 is 0 Å². The first-order chi connectivity index (χ1) is 11.6. The van der Waals surface area contributed by atoms with E-state index < -0.39 is 0 Å². The Morgan fingerprint density at radius 3 is 2.71 bits per heavy atom. The van der Waals surface area contributed by atoms with Crippen molar-refractivity contribution in [3.05, 3.63) is 41.2 Å². The molecule has 1 aromatic carbocycles. The van der Waals surface area contributed by atoms with Gasteiger partial charge in [-0.05, 0) is 24.6 Å². The van der Waals surface area contributed by atoms with Crippen molar-refractivity contribution < 1.29 is 9.47 Å². The SMILES string of the molecule is C=CCOc1c(OCCCCCC)c2ccc(N)cc2n(C)c1=O. The molecule has 24 heavy (non-hydrogen) atoms. The summed E-state index contributed by atoms with van der Waals surface area (Å²) in [5.74, 6) is 0.719. The second kappa shape index (κ2) is 8.43. The summed E-state index contributed by atoms with van der Waals surface area (Å²) >= 11 is 0. The summed E-state index contributed by atoms with van der Waals surface area (Å²) in [6, 6.07) is 5.44. The van der Waals surface area contributed by atoms with E-state index in [9.17, 15) is 4.79 Å². The van der Waals surface area contributed by atoms with Gasteiger partial charge in [0.15, 0.2) is 5.75 Å². The van der Waals surface area contributed by atoms with Crippen LogP contribution in [0.25, 0.3) is 10.9 Å². The van der Waals surface area contributed by atoms with Gasteiger partial charge in [-0.25, -0.2) is 0 Å². The van der Waals surface area contributed by atoms with Gasteiger partial charge in [0, 0.05) is 18.1 Å². The Morgan fingerprint density at radius 1 is 1.21 bits per heavy atom. The zero-order valence-corrected chi connectivity index (χ0v) is 14.5. The number of aromatic nitrogens is 1. The molecule has 0 fully saturated rings. The first-order valence-electron chi connectivity index (χ1n) is 8.38. The van der Waals surface area contributed by atoms with Gasteiger partial charge in [0.2, 0.25) is 5.75 Å². The van der Waals surface area contributed by atoms with Crippen molar-refractivity contribution in [3.63, 3.8) is 0 Å². The van der Waals surface area contributed by atoms with E-state index in [0.717, 1.165) is 23.7 Å². The Kier molecular flexibility index (Phi) is 6.29. The van der Waals surface area contributed by atoms with Gasteiger partial charge in [-0.3, -0.25) is 4.79 Å². The van der Waals surface area contributed by atoms with Crippen LogP contribution in [0.1, 0.15) is 32.6 Å². The van der Waals surface area contributed by atoms with E-state index in [1.807, 2.05) is 6.07 Å². The van der Waals surface area contributed by atoms with Gasteiger partial charge in [0.25, 0.3) is 5.56 Å². The molecule has 0 spiro atoms. The minimum atomic E-state index is -0.237. The minimum absolute atomic E-state index is 0.227. The lowest BCUT2D eigenvalue weighted by atomic mass is 10.1. The molecule has 2 aromatic rings. The highest BCUT2D eigenvalue weighted by Gasteiger charge is 2.18. The Hall–Kier alpha value is -2.43. The molecule has 0 aliphatic heterocycles. The zero-order chi connectivity index (χ0) is 17.5. The molecule has 0 radical (unpaired) electrons. The smallest absolute Gasteiger partial charge is 0.297 e. The molecular formula is C19H26N2O3. The number of anilines is 1. The molecule has 0 saturated heterocycles. The van der Waals surface area contributed by atoms with E-state index in [1.54, 1.807) is 25.3 Å². The van der Waals surface area contributed by atoms with E-state index in [4.69, 9.17) is 15.2 Å². The van der Waals surface area contributed by atoms with E-state index in [-0.39, 0.29) is 17.9 Å². The summed E-state index contributed by atoms with van der Waals surface area (Å²) in [4.78, 5) is 12.6. The van der Waals surface area contributed by atoms with Crippen LogP contribution in [0, 0.1) is 0 Å². The number of aryl methyl sites for hydroxylation is 1. The van der Waals surface area contributed by atoms with Crippen LogP contribution >= 0.6 is 0 Å². The average molecular weight is 330 g/mol. The molecular weight excluding hydrogens is 304 g/mol. The second-order valence-corrected chi connectivity index (χ2v) is 5.81. The number of ether oxygens (including phenoxy) is 2. The highest BCUT2D eigenvalue weighted by atomic mass is 16.5. The highest BCUT2D eigenvalue weighted by molar-refractivity contribution is 5.90. The van der Waals surface area contributed by atoms with Gasteiger partial charge in [-0.15, -0.1) is 0 Å². The summed E-state index contributed by atoms with van der Waals surface area (Å²) in [6.07, 6.45) is 6.01. The Balaban J connectivity index is 2.44. The topological polar surface area (TPSA) is 66.5 Å². The largest absolute Gasteiger partial charge is 0.489 e. The summed E-state index contributed by atoms with van der Waals surface area (Å²) in [6.45, 7) is 6.61. The fraction of sp³-hybridized carbons (Fsp3) is 0.421. The molecule has 0 amide bonds. The maximum absolute atomic E-state index is 12.6. The number of hydrogen-bond acceptors (Lipinski definition) is 4. The number of benzene rings is 1. The quantitative estimate of drug-likeness (QED) is 0.433. The van der Waals surface area contributed by atoms with Crippen LogP contribution in [0.5, 0.6) is 11.5 Å². The molecule has 2 rings (SSSR count). The van der Waals surface area contributed by atoms with Crippen LogP contribution in [0.4, 0.5) is 5.69 Å². The van der Waals surface area contributed by atoms with Gasteiger partial charge in [-0.1, -0.05) is 38.8 Å². The third-order valence-electron chi connectivity index (χ3n) is 3.92. The minimum Gasteiger partial charge on any atom is -0.489 e. The van der Waals surface area contributed by atoms with Crippen molar-refractivity contribution in [3.8, 4) is 11.5 Å². The van der Waals surface area contributed by atoms with Gasteiger partial charge in [0.1, 0.15) is 6.61 Å². The normalized spacial score (nSPS) is 10.8. The lowest BCUT2D eigenvalue weighted by Crippen LogP contribution is -2.21. The number of nitrogens with zero attached hydrogens (tertiary/aromatic N) is 1. The number of fused-ring (bicyclic) bond motifs is 1. The molecule has 2 N–H and O–H groups in total. The van der Waals surface area contributed by atoms with Crippen LogP contribution in [0.15, 0.2) is 35.6 Å². The monoisotopic (exact) mass is 330 g/mol. The Morgan fingerprint density at radius 2 is 2.00 bits per heavy atom. The standard InChI is InChI=1S/C19H26N2O3/c1-4-6-7-8-12-24-17-15-10-9-14(20)13-16(15)21(3)19(22)18(17)23-11-5-2/h5,9-10,13H,2,4,6-8,11-12,20H2,1,3H3. The summed E-state index contributed by atoms with van der Waals surface area (Å²) < 4.78 is 13.1. The lowest BCUT2D eigenvalue weighted by molar-refractivity contribution is 0.276. The van der Waals surface area contributed by atoms with Crippen molar-refractivity contribution in [2.24, 2.45) is 7.05 Å². The predicted molar refractivity (Wildman–Crippen MR) is 98.9 cm³/mol. The van der Waals surface area contributed by atoms with E-state index in [1.165, 1.54) is 17.4 Å². The molecule has 0 aliphatic rings. The average Bonchev–Trinajstić information content (AvgIpc) is 2.58. The highest BCUT2D eigenvalue weighted by Crippen LogP contribution is 2.33. The number of pyridine rings is 1. The van der Waals surface area contributed by atoms with E-state index in [0.29, 0.717) is 18.0 Å². The van der Waals surface area contributed by atoms with Gasteiger partial charge in [0.05, 0.1) is 12.1 Å². The fourth-order valence-corrected chi connectivity index (χ4v) is 2.62. The molecule has 0 atom stereocenters. The number of unbranched alkanes of at least 4 members (excludes halogenated alkanes) is 3. The van der Waals surface area contributed by atoms with Crippen molar-refractivity contribution in [2.45, 2.75) is 32.6 Å². The fourth-order valence-electron chi connectivity index (χ4n) is 2.62. The second-order valence-electron chi connectivity index (χ2n) is 5.81. The van der Waals surface area contributed by atoms with Gasteiger partial charge >= 0.3 is 0 Å². The van der Waals surface area contributed by atoms with Gasteiger partial charge < -0.3 is 19.8 Å². The van der Waals surface area contributed by atoms with Crippen LogP contribution < -0.4 is 20.8 Å². The molecule has 5 heteroatoms. The molecule has 0 saturated carbocycles. The molecule has 130 valence electrons. The van der Waals surface area contributed by atoms with Crippen LogP contribution in [0.2, 0.25) is 0 Å². The van der Waals surface area contributed by atoms with Crippen molar-refractivity contribution in [1.29, 1.82) is 0 Å². The van der Waals surface area contributed by atoms with E-state index in [2.05, 4.69) is 13.5 Å². The summed E-state index contributed by atoms with van der Waals surface area (Å²) in [5, 5.41) is 0.820. The zero-order valence-electron chi connectivity index (χ0n) is 14.5. The maximum Gasteiger partial charge on any atom is 0.297 e. The van der Waals surface area contributed by atoms with Crippen LogP contribution in [0.3, 0.4) is 0 Å². The first-order valence-corrected chi connectivity index (χ1v) is 8.38. The summed E-state index contributed by atoms with van der Waals surface area (Å²) in [7, 11) is 1.70. The predicted octanol–water partition coefficient (Wildman–Crippen LogP) is 3.64. The first kappa shape index (κ1) is 17.9. The third kappa shape index (κ3) is 3.91. The molecule has 1 aromatic heterocycles. The number of hydrogen-bond donors (Lipinski definition) is 1. The van der Waals surface area contributed by atoms with Gasteiger partial charge in [-0.2, -0.15) is 0 Å². The number of nitrogens with two attached hydrogens (primary N) is 1. The molecule has 1 heterocycles. The Bertz CT molecular complexity index is 765. The molecule has 5 nitrogen and oxygen atoms in total. The third-order valence-corrected chi connectivity index (χ3v) is 3.92. The number of rotatable bonds is 9. The van der Waals surface area contributed by atoms with Crippen LogP contribution in [-0.4, -0.2) is 17.8 Å². The summed E-state index contributed by atoms with van der Waals surface area (Å²) in [5.41, 5.74) is 6.96. The van der Waals surface area contributed by atoms with Crippen LogP contribution in [-0.2, 0) is 7.05 Å². The Labute approximate surface area is 142 Å².